The first-order chi connectivity index (χ1) is 10.6. The zero-order chi connectivity index (χ0) is 15.8. The van der Waals surface area contributed by atoms with Crippen LogP contribution in [0.4, 0.5) is 5.69 Å². The largest absolute Gasteiger partial charge is 0.325 e. The maximum Gasteiger partial charge on any atom is 0.238 e. The predicted octanol–water partition coefficient (Wildman–Crippen LogP) is 4.15. The van der Waals surface area contributed by atoms with E-state index in [1.54, 1.807) is 18.2 Å². The van der Waals surface area contributed by atoms with Crippen molar-refractivity contribution in [2.45, 2.75) is 12.8 Å². The van der Waals surface area contributed by atoms with E-state index in [4.69, 9.17) is 23.2 Å². The zero-order valence-corrected chi connectivity index (χ0v) is 13.6. The molecule has 5 heteroatoms. The fourth-order valence-corrected chi connectivity index (χ4v) is 2.62. The van der Waals surface area contributed by atoms with Gasteiger partial charge < -0.3 is 10.6 Å². The Morgan fingerprint density at radius 1 is 1.00 bits per heavy atom. The van der Waals surface area contributed by atoms with Gasteiger partial charge in [0.2, 0.25) is 5.91 Å². The molecule has 0 unspecified atom stereocenters. The lowest BCUT2D eigenvalue weighted by Crippen LogP contribution is -2.28. The van der Waals surface area contributed by atoms with Crippen molar-refractivity contribution < 1.29 is 4.79 Å². The van der Waals surface area contributed by atoms with E-state index in [2.05, 4.69) is 22.8 Å². The van der Waals surface area contributed by atoms with Crippen LogP contribution in [0.1, 0.15) is 12.0 Å². The smallest absolute Gasteiger partial charge is 0.238 e. The van der Waals surface area contributed by atoms with E-state index >= 15 is 0 Å². The number of anilines is 1. The molecule has 22 heavy (non-hydrogen) atoms. The summed E-state index contributed by atoms with van der Waals surface area (Å²) in [6.07, 6.45) is 1.99. The summed E-state index contributed by atoms with van der Waals surface area (Å²) in [6, 6.07) is 15.3. The molecule has 0 saturated carbocycles. The van der Waals surface area contributed by atoms with Gasteiger partial charge in [-0.2, -0.15) is 0 Å². The van der Waals surface area contributed by atoms with Crippen LogP contribution >= 0.6 is 23.2 Å². The minimum Gasteiger partial charge on any atom is -0.325 e. The molecule has 0 aliphatic heterocycles. The molecule has 3 nitrogen and oxygen atoms in total. The van der Waals surface area contributed by atoms with Gasteiger partial charge in [-0.05, 0) is 43.1 Å². The highest BCUT2D eigenvalue weighted by atomic mass is 35.5. The first-order valence-electron chi connectivity index (χ1n) is 7.14. The Bertz CT molecular complexity index is 597. The van der Waals surface area contributed by atoms with Crippen LogP contribution in [0.5, 0.6) is 0 Å². The number of carbonyl (C=O) groups is 1. The summed E-state index contributed by atoms with van der Waals surface area (Å²) in [5, 5.41) is 6.89. The highest BCUT2D eigenvalue weighted by molar-refractivity contribution is 6.35. The number of hydrogen-bond donors (Lipinski definition) is 2. The second-order valence-electron chi connectivity index (χ2n) is 4.97. The number of amides is 1. The fraction of sp³-hybridized carbons (Fsp3) is 0.235. The second-order valence-corrected chi connectivity index (χ2v) is 5.85. The molecule has 0 bridgehead atoms. The van der Waals surface area contributed by atoms with Crippen LogP contribution < -0.4 is 10.6 Å². The first kappa shape index (κ1) is 16.8. The van der Waals surface area contributed by atoms with Crippen molar-refractivity contribution in [3.63, 3.8) is 0 Å². The molecule has 116 valence electrons. The number of halogens is 2. The van der Waals surface area contributed by atoms with Crippen molar-refractivity contribution in [1.29, 1.82) is 0 Å². The molecule has 0 radical (unpaired) electrons. The van der Waals surface area contributed by atoms with Crippen molar-refractivity contribution in [3.05, 3.63) is 64.1 Å². The number of rotatable bonds is 7. The van der Waals surface area contributed by atoms with Gasteiger partial charge >= 0.3 is 0 Å². The molecule has 2 aromatic carbocycles. The lowest BCUT2D eigenvalue weighted by atomic mass is 10.1. The lowest BCUT2D eigenvalue weighted by molar-refractivity contribution is -0.115. The molecule has 2 N–H and O–H groups in total. The van der Waals surface area contributed by atoms with Gasteiger partial charge in [0.25, 0.3) is 0 Å². The van der Waals surface area contributed by atoms with Gasteiger partial charge in [-0.3, -0.25) is 4.79 Å². The predicted molar refractivity (Wildman–Crippen MR) is 92.7 cm³/mol. The van der Waals surface area contributed by atoms with E-state index in [0.717, 1.165) is 19.4 Å². The van der Waals surface area contributed by atoms with Gasteiger partial charge in [-0.15, -0.1) is 0 Å². The van der Waals surface area contributed by atoms with Crippen molar-refractivity contribution in [2.24, 2.45) is 0 Å². The Morgan fingerprint density at radius 2 is 1.68 bits per heavy atom. The number of benzene rings is 2. The Kier molecular flexibility index (Phi) is 6.72. The Morgan fingerprint density at radius 3 is 2.36 bits per heavy atom. The van der Waals surface area contributed by atoms with Gasteiger partial charge in [0, 0.05) is 15.7 Å². The first-order valence-corrected chi connectivity index (χ1v) is 7.89. The van der Waals surface area contributed by atoms with Gasteiger partial charge in [-0.25, -0.2) is 0 Å². The molecule has 0 aliphatic carbocycles. The van der Waals surface area contributed by atoms with Gasteiger partial charge in [0.05, 0.1) is 6.54 Å². The number of aryl methyl sites for hydroxylation is 1. The molecule has 0 aliphatic rings. The van der Waals surface area contributed by atoms with Crippen LogP contribution in [0.25, 0.3) is 0 Å². The Hall–Kier alpha value is -1.55. The van der Waals surface area contributed by atoms with Gasteiger partial charge in [0.15, 0.2) is 0 Å². The molecule has 2 aromatic rings. The third-order valence-corrected chi connectivity index (χ3v) is 3.53. The SMILES string of the molecule is O=C(CNCCCc1ccccc1)Nc1cc(Cl)cc(Cl)c1. The van der Waals surface area contributed by atoms with E-state index < -0.39 is 0 Å². The summed E-state index contributed by atoms with van der Waals surface area (Å²) in [6.45, 7) is 1.05. The average Bonchev–Trinajstić information content (AvgIpc) is 2.47. The van der Waals surface area contributed by atoms with Crippen molar-refractivity contribution in [2.75, 3.05) is 18.4 Å². The van der Waals surface area contributed by atoms with Crippen LogP contribution in [-0.2, 0) is 11.2 Å². The van der Waals surface area contributed by atoms with Crippen LogP contribution in [0, 0.1) is 0 Å². The normalized spacial score (nSPS) is 10.5. The summed E-state index contributed by atoms with van der Waals surface area (Å²) in [5.74, 6) is -0.113. The molecular formula is C17H18Cl2N2O. The summed E-state index contributed by atoms with van der Waals surface area (Å²) < 4.78 is 0. The van der Waals surface area contributed by atoms with Crippen LogP contribution in [-0.4, -0.2) is 19.0 Å². The summed E-state index contributed by atoms with van der Waals surface area (Å²) in [4.78, 5) is 11.8. The van der Waals surface area contributed by atoms with Crippen molar-refractivity contribution in [1.82, 2.24) is 5.32 Å². The molecule has 0 saturated heterocycles. The summed E-state index contributed by atoms with van der Waals surface area (Å²) >= 11 is 11.8. The van der Waals surface area contributed by atoms with Crippen LogP contribution in [0.3, 0.4) is 0 Å². The zero-order valence-electron chi connectivity index (χ0n) is 12.1. The average molecular weight is 337 g/mol. The Labute approximate surface area is 140 Å². The van der Waals surface area contributed by atoms with Crippen molar-refractivity contribution in [3.8, 4) is 0 Å². The number of hydrogen-bond acceptors (Lipinski definition) is 2. The number of carbonyl (C=O) groups excluding carboxylic acids is 1. The minimum atomic E-state index is -0.113. The second kappa shape index (κ2) is 8.79. The Balaban J connectivity index is 1.65. The molecule has 0 atom stereocenters. The maximum absolute atomic E-state index is 11.8. The van der Waals surface area contributed by atoms with E-state index in [9.17, 15) is 4.79 Å². The van der Waals surface area contributed by atoms with Crippen LogP contribution in [0.15, 0.2) is 48.5 Å². The summed E-state index contributed by atoms with van der Waals surface area (Å²) in [5.41, 5.74) is 1.91. The minimum absolute atomic E-state index is 0.113. The van der Waals surface area contributed by atoms with Crippen LogP contribution in [0.2, 0.25) is 10.0 Å². The molecule has 2 rings (SSSR count). The topological polar surface area (TPSA) is 41.1 Å². The molecule has 1 amide bonds. The molecule has 0 aromatic heterocycles. The maximum atomic E-state index is 11.8. The molecule has 0 spiro atoms. The van der Waals surface area contributed by atoms with E-state index in [0.29, 0.717) is 15.7 Å². The molecule has 0 fully saturated rings. The highest BCUT2D eigenvalue weighted by Gasteiger charge is 2.04. The number of nitrogens with one attached hydrogen (secondary N) is 2. The lowest BCUT2D eigenvalue weighted by Gasteiger charge is -2.08. The van der Waals surface area contributed by atoms with Gasteiger partial charge in [0.1, 0.15) is 0 Å². The third-order valence-electron chi connectivity index (χ3n) is 3.09. The highest BCUT2D eigenvalue weighted by Crippen LogP contribution is 2.22. The summed E-state index contributed by atoms with van der Waals surface area (Å²) in [7, 11) is 0. The third kappa shape index (κ3) is 6.06. The molecular weight excluding hydrogens is 319 g/mol. The fourth-order valence-electron chi connectivity index (χ4n) is 2.10. The van der Waals surface area contributed by atoms with E-state index in [-0.39, 0.29) is 12.5 Å². The van der Waals surface area contributed by atoms with E-state index in [1.807, 2.05) is 18.2 Å². The van der Waals surface area contributed by atoms with Crippen molar-refractivity contribution >= 4 is 34.8 Å². The quantitative estimate of drug-likeness (QED) is 0.745. The van der Waals surface area contributed by atoms with E-state index in [1.165, 1.54) is 5.56 Å². The molecule has 0 heterocycles. The monoisotopic (exact) mass is 336 g/mol. The standard InChI is InChI=1S/C17H18Cl2N2O/c18-14-9-15(19)11-16(10-14)21-17(22)12-20-8-4-7-13-5-2-1-3-6-13/h1-3,5-6,9-11,20H,4,7-8,12H2,(H,21,22). The van der Waals surface area contributed by atoms with Gasteiger partial charge in [-0.1, -0.05) is 53.5 Å².